The molecule has 1 N–H and O–H groups in total. The van der Waals surface area contributed by atoms with Crippen LogP contribution in [-0.4, -0.2) is 23.9 Å². The molecule has 0 aromatic rings. The molecule has 3 atom stereocenters. The molecule has 1 saturated heterocycles. The molecule has 1 fully saturated rings. The van der Waals surface area contributed by atoms with Gasteiger partial charge in [0.1, 0.15) is 0 Å². The number of ether oxygens (including phenoxy) is 1. The van der Waals surface area contributed by atoms with Gasteiger partial charge in [-0.05, 0) is 31.1 Å². The normalized spacial score (nSPS) is 29.4. The Morgan fingerprint density at radius 1 is 1.40 bits per heavy atom. The van der Waals surface area contributed by atoms with Crippen LogP contribution < -0.4 is 0 Å². The molecular formula is C13H26O2. The van der Waals surface area contributed by atoms with E-state index in [2.05, 4.69) is 27.7 Å². The van der Waals surface area contributed by atoms with Crippen molar-refractivity contribution in [3.63, 3.8) is 0 Å². The maximum absolute atomic E-state index is 10.1. The van der Waals surface area contributed by atoms with Crippen molar-refractivity contribution in [2.75, 3.05) is 6.61 Å². The van der Waals surface area contributed by atoms with E-state index in [4.69, 9.17) is 4.74 Å². The molecule has 0 aromatic heterocycles. The second-order valence-corrected chi connectivity index (χ2v) is 5.94. The number of aliphatic hydroxyl groups is 1. The second-order valence-electron chi connectivity index (χ2n) is 5.94. The van der Waals surface area contributed by atoms with Gasteiger partial charge in [0, 0.05) is 12.5 Å². The smallest absolute Gasteiger partial charge is 0.0626 e. The van der Waals surface area contributed by atoms with Gasteiger partial charge in [-0.2, -0.15) is 0 Å². The Hall–Kier alpha value is -0.0800. The van der Waals surface area contributed by atoms with E-state index < -0.39 is 0 Å². The topological polar surface area (TPSA) is 29.5 Å². The third-order valence-electron chi connectivity index (χ3n) is 3.35. The zero-order valence-electron chi connectivity index (χ0n) is 10.6. The first kappa shape index (κ1) is 13.0. The summed E-state index contributed by atoms with van der Waals surface area (Å²) >= 11 is 0. The molecule has 3 unspecified atom stereocenters. The third-order valence-corrected chi connectivity index (χ3v) is 3.35. The summed E-state index contributed by atoms with van der Waals surface area (Å²) in [5.74, 6) is 0.373. The lowest BCUT2D eigenvalue weighted by Gasteiger charge is -2.26. The summed E-state index contributed by atoms with van der Waals surface area (Å²) in [6.45, 7) is 9.64. The number of rotatable bonds is 4. The van der Waals surface area contributed by atoms with Crippen LogP contribution in [0.1, 0.15) is 53.4 Å². The quantitative estimate of drug-likeness (QED) is 0.779. The lowest BCUT2D eigenvalue weighted by Crippen LogP contribution is -2.28. The van der Waals surface area contributed by atoms with Gasteiger partial charge in [0.2, 0.25) is 0 Å². The Morgan fingerprint density at radius 3 is 2.60 bits per heavy atom. The fourth-order valence-corrected chi connectivity index (χ4v) is 2.32. The van der Waals surface area contributed by atoms with Crippen LogP contribution in [0.2, 0.25) is 0 Å². The largest absolute Gasteiger partial charge is 0.393 e. The van der Waals surface area contributed by atoms with Crippen molar-refractivity contribution < 1.29 is 9.84 Å². The first-order valence-electron chi connectivity index (χ1n) is 6.23. The molecule has 2 heteroatoms. The standard InChI is InChI=1S/C13H26O2/c1-5-12-10(7-9-15-12)11(14)6-8-13(2,3)4/h10-12,14H,5-9H2,1-4H3. The molecule has 0 saturated carbocycles. The summed E-state index contributed by atoms with van der Waals surface area (Å²) in [6.07, 6.45) is 4.17. The van der Waals surface area contributed by atoms with Crippen LogP contribution >= 0.6 is 0 Å². The van der Waals surface area contributed by atoms with E-state index >= 15 is 0 Å². The molecule has 0 spiro atoms. The van der Waals surface area contributed by atoms with Crippen molar-refractivity contribution in [1.29, 1.82) is 0 Å². The van der Waals surface area contributed by atoms with Gasteiger partial charge in [-0.25, -0.2) is 0 Å². The van der Waals surface area contributed by atoms with Crippen LogP contribution in [-0.2, 0) is 4.74 Å². The van der Waals surface area contributed by atoms with Crippen LogP contribution in [0.15, 0.2) is 0 Å². The molecule has 0 amide bonds. The molecule has 0 aliphatic carbocycles. The average Bonchev–Trinajstić information content (AvgIpc) is 2.60. The van der Waals surface area contributed by atoms with Crippen LogP contribution in [0.4, 0.5) is 0 Å². The van der Waals surface area contributed by atoms with Gasteiger partial charge in [0.05, 0.1) is 12.2 Å². The van der Waals surface area contributed by atoms with Gasteiger partial charge in [-0.3, -0.25) is 0 Å². The fourth-order valence-electron chi connectivity index (χ4n) is 2.32. The van der Waals surface area contributed by atoms with Crippen LogP contribution in [0.5, 0.6) is 0 Å². The Balaban J connectivity index is 2.36. The molecule has 1 aliphatic heterocycles. The third kappa shape index (κ3) is 4.12. The van der Waals surface area contributed by atoms with Gasteiger partial charge < -0.3 is 9.84 Å². The zero-order valence-corrected chi connectivity index (χ0v) is 10.6. The SMILES string of the molecule is CCC1OCCC1C(O)CCC(C)(C)C. The molecular weight excluding hydrogens is 188 g/mol. The highest BCUT2D eigenvalue weighted by Gasteiger charge is 2.32. The van der Waals surface area contributed by atoms with Crippen molar-refractivity contribution in [1.82, 2.24) is 0 Å². The van der Waals surface area contributed by atoms with Crippen LogP contribution in [0.3, 0.4) is 0 Å². The van der Waals surface area contributed by atoms with E-state index in [1.807, 2.05) is 0 Å². The second kappa shape index (κ2) is 5.31. The lowest BCUT2D eigenvalue weighted by molar-refractivity contribution is 0.0231. The number of aliphatic hydroxyl groups excluding tert-OH is 1. The monoisotopic (exact) mass is 214 g/mol. The molecule has 1 heterocycles. The molecule has 15 heavy (non-hydrogen) atoms. The van der Waals surface area contributed by atoms with Gasteiger partial charge in [-0.15, -0.1) is 0 Å². The summed E-state index contributed by atoms with van der Waals surface area (Å²) in [5.41, 5.74) is 0.322. The van der Waals surface area contributed by atoms with Gasteiger partial charge in [0.25, 0.3) is 0 Å². The first-order chi connectivity index (χ1) is 6.94. The van der Waals surface area contributed by atoms with Gasteiger partial charge in [0.15, 0.2) is 0 Å². The van der Waals surface area contributed by atoms with Crippen molar-refractivity contribution in [2.24, 2.45) is 11.3 Å². The van der Waals surface area contributed by atoms with Crippen molar-refractivity contribution in [3.8, 4) is 0 Å². The molecule has 90 valence electrons. The summed E-state index contributed by atoms with van der Waals surface area (Å²) in [6, 6.07) is 0. The van der Waals surface area contributed by atoms with Crippen LogP contribution in [0, 0.1) is 11.3 Å². The van der Waals surface area contributed by atoms with Crippen molar-refractivity contribution in [3.05, 3.63) is 0 Å². The molecule has 0 aromatic carbocycles. The minimum absolute atomic E-state index is 0.170. The van der Waals surface area contributed by atoms with E-state index in [0.717, 1.165) is 32.3 Å². The minimum atomic E-state index is -0.170. The highest BCUT2D eigenvalue weighted by molar-refractivity contribution is 4.82. The van der Waals surface area contributed by atoms with E-state index in [9.17, 15) is 5.11 Å². The summed E-state index contributed by atoms with van der Waals surface area (Å²) in [7, 11) is 0. The highest BCUT2D eigenvalue weighted by Crippen LogP contribution is 2.31. The first-order valence-corrected chi connectivity index (χ1v) is 6.23. The number of hydrogen-bond acceptors (Lipinski definition) is 2. The Morgan fingerprint density at radius 2 is 2.07 bits per heavy atom. The summed E-state index contributed by atoms with van der Waals surface area (Å²) < 4.78 is 5.61. The molecule has 0 radical (unpaired) electrons. The maximum atomic E-state index is 10.1. The predicted octanol–water partition coefficient (Wildman–Crippen LogP) is 2.99. The van der Waals surface area contributed by atoms with E-state index in [-0.39, 0.29) is 6.10 Å². The highest BCUT2D eigenvalue weighted by atomic mass is 16.5. The van der Waals surface area contributed by atoms with Crippen molar-refractivity contribution in [2.45, 2.75) is 65.6 Å². The van der Waals surface area contributed by atoms with Crippen molar-refractivity contribution >= 4 is 0 Å². The van der Waals surface area contributed by atoms with E-state index in [1.54, 1.807) is 0 Å². The molecule has 0 bridgehead atoms. The maximum Gasteiger partial charge on any atom is 0.0626 e. The summed E-state index contributed by atoms with van der Waals surface area (Å²) in [5, 5.41) is 10.1. The Labute approximate surface area is 94.0 Å². The molecule has 2 nitrogen and oxygen atoms in total. The summed E-state index contributed by atoms with van der Waals surface area (Å²) in [4.78, 5) is 0. The fraction of sp³-hybridized carbons (Fsp3) is 1.00. The van der Waals surface area contributed by atoms with Gasteiger partial charge >= 0.3 is 0 Å². The minimum Gasteiger partial charge on any atom is -0.393 e. The van der Waals surface area contributed by atoms with E-state index in [1.165, 1.54) is 0 Å². The number of hydrogen-bond donors (Lipinski definition) is 1. The Kier molecular flexibility index (Phi) is 4.60. The lowest BCUT2D eigenvalue weighted by atomic mass is 9.84. The Bertz CT molecular complexity index is 183. The van der Waals surface area contributed by atoms with Crippen LogP contribution in [0.25, 0.3) is 0 Å². The predicted molar refractivity (Wildman–Crippen MR) is 62.8 cm³/mol. The zero-order chi connectivity index (χ0) is 11.5. The van der Waals surface area contributed by atoms with E-state index in [0.29, 0.717) is 17.4 Å². The molecule has 1 rings (SSSR count). The average molecular weight is 214 g/mol. The van der Waals surface area contributed by atoms with Gasteiger partial charge in [-0.1, -0.05) is 27.7 Å². The molecule has 1 aliphatic rings.